The number of hydrogen-bond donors (Lipinski definition) is 0. The van der Waals surface area contributed by atoms with Crippen molar-refractivity contribution >= 4 is 22.4 Å². The molecule has 1 saturated carbocycles. The SMILES string of the molecule is CC[Si](CC)(CC)O[C@@H]1CC2=CC(=O)CCC[C@]2(O[Si](CC)(CC)CC)C1. The lowest BCUT2D eigenvalue weighted by Crippen LogP contribution is -2.47. The van der Waals surface area contributed by atoms with E-state index in [2.05, 4.69) is 41.5 Å². The van der Waals surface area contributed by atoms with Crippen molar-refractivity contribution in [3.8, 4) is 0 Å². The highest BCUT2D eigenvalue weighted by Crippen LogP contribution is 2.48. The van der Waals surface area contributed by atoms with Gasteiger partial charge in [0.1, 0.15) is 0 Å². The summed E-state index contributed by atoms with van der Waals surface area (Å²) >= 11 is 0. The highest BCUT2D eigenvalue weighted by atomic mass is 28.4. The number of carbonyl (C=O) groups excluding carboxylic acids is 1. The van der Waals surface area contributed by atoms with Crippen molar-refractivity contribution in [2.24, 2.45) is 0 Å². The molecule has 0 bridgehead atoms. The second kappa shape index (κ2) is 9.51. The summed E-state index contributed by atoms with van der Waals surface area (Å²) in [6.07, 6.45) is 6.69. The van der Waals surface area contributed by atoms with Crippen LogP contribution in [0, 0.1) is 0 Å². The van der Waals surface area contributed by atoms with Crippen LogP contribution in [0.5, 0.6) is 0 Å². The molecule has 0 N–H and O–H groups in total. The predicted octanol–water partition coefficient (Wildman–Crippen LogP) is 6.61. The Morgan fingerprint density at radius 1 is 0.963 bits per heavy atom. The van der Waals surface area contributed by atoms with Gasteiger partial charge in [-0.3, -0.25) is 4.79 Å². The minimum atomic E-state index is -1.75. The molecule has 0 aromatic heterocycles. The van der Waals surface area contributed by atoms with Gasteiger partial charge < -0.3 is 8.85 Å². The first-order valence-electron chi connectivity index (χ1n) is 11.5. The molecule has 0 unspecified atom stereocenters. The minimum Gasteiger partial charge on any atom is -0.413 e. The fraction of sp³-hybridized carbons (Fsp3) is 0.864. The fourth-order valence-electron chi connectivity index (χ4n) is 5.25. The van der Waals surface area contributed by atoms with Gasteiger partial charge in [-0.15, -0.1) is 0 Å². The molecule has 2 aliphatic rings. The lowest BCUT2D eigenvalue weighted by molar-refractivity contribution is -0.114. The molecule has 2 atom stereocenters. The van der Waals surface area contributed by atoms with E-state index < -0.39 is 16.6 Å². The maximum Gasteiger partial charge on any atom is 0.193 e. The number of fused-ring (bicyclic) bond motifs is 1. The van der Waals surface area contributed by atoms with E-state index in [1.807, 2.05) is 6.08 Å². The second-order valence-electron chi connectivity index (χ2n) is 8.72. The Hall–Kier alpha value is -0.236. The van der Waals surface area contributed by atoms with Crippen LogP contribution in [0.3, 0.4) is 0 Å². The molecule has 2 aliphatic carbocycles. The molecule has 3 nitrogen and oxygen atoms in total. The molecule has 0 heterocycles. The first-order chi connectivity index (χ1) is 12.9. The topological polar surface area (TPSA) is 35.5 Å². The van der Waals surface area contributed by atoms with E-state index in [1.54, 1.807) is 0 Å². The first-order valence-corrected chi connectivity index (χ1v) is 16.5. The van der Waals surface area contributed by atoms with Gasteiger partial charge in [0.2, 0.25) is 0 Å². The van der Waals surface area contributed by atoms with Gasteiger partial charge in [-0.25, -0.2) is 0 Å². The quantitative estimate of drug-likeness (QED) is 0.380. The summed E-state index contributed by atoms with van der Waals surface area (Å²) in [4.78, 5) is 12.3. The number of rotatable bonds is 10. The van der Waals surface area contributed by atoms with Crippen molar-refractivity contribution in [1.29, 1.82) is 0 Å². The van der Waals surface area contributed by atoms with E-state index in [0.717, 1.165) is 43.8 Å². The molecular formula is C22H42O3Si2. The second-order valence-corrected chi connectivity index (χ2v) is 18.1. The highest BCUT2D eigenvalue weighted by molar-refractivity contribution is 6.74. The van der Waals surface area contributed by atoms with Gasteiger partial charge in [-0.2, -0.15) is 0 Å². The lowest BCUT2D eigenvalue weighted by atomic mass is 9.93. The maximum atomic E-state index is 12.3. The van der Waals surface area contributed by atoms with Crippen LogP contribution in [-0.4, -0.2) is 34.1 Å². The average Bonchev–Trinajstić information content (AvgIpc) is 2.92. The molecule has 2 rings (SSSR count). The molecule has 0 aliphatic heterocycles. The van der Waals surface area contributed by atoms with Gasteiger partial charge in [-0.05, 0) is 67.2 Å². The van der Waals surface area contributed by atoms with Gasteiger partial charge in [0.25, 0.3) is 0 Å². The zero-order chi connectivity index (χ0) is 20.1. The Labute approximate surface area is 169 Å². The summed E-state index contributed by atoms with van der Waals surface area (Å²) in [6, 6.07) is 7.02. The zero-order valence-electron chi connectivity index (χ0n) is 18.7. The Morgan fingerprint density at radius 3 is 2.04 bits per heavy atom. The monoisotopic (exact) mass is 410 g/mol. The molecule has 0 spiro atoms. The molecule has 0 aromatic carbocycles. The van der Waals surface area contributed by atoms with E-state index in [0.29, 0.717) is 6.42 Å². The first kappa shape index (κ1) is 23.0. The van der Waals surface area contributed by atoms with Crippen LogP contribution in [-0.2, 0) is 13.6 Å². The zero-order valence-corrected chi connectivity index (χ0v) is 20.7. The number of ketones is 1. The molecular weight excluding hydrogens is 368 g/mol. The Balaban J connectivity index is 2.34. The van der Waals surface area contributed by atoms with E-state index in [9.17, 15) is 4.79 Å². The van der Waals surface area contributed by atoms with Crippen LogP contribution in [0.25, 0.3) is 0 Å². The molecule has 0 saturated heterocycles. The van der Waals surface area contributed by atoms with E-state index >= 15 is 0 Å². The van der Waals surface area contributed by atoms with Crippen LogP contribution in [0.1, 0.15) is 73.6 Å². The van der Waals surface area contributed by atoms with E-state index in [4.69, 9.17) is 8.85 Å². The van der Waals surface area contributed by atoms with Crippen molar-refractivity contribution in [3.05, 3.63) is 11.6 Å². The largest absolute Gasteiger partial charge is 0.413 e. The van der Waals surface area contributed by atoms with Crippen molar-refractivity contribution < 1.29 is 13.6 Å². The summed E-state index contributed by atoms with van der Waals surface area (Å²) < 4.78 is 14.0. The maximum absolute atomic E-state index is 12.3. The van der Waals surface area contributed by atoms with Crippen molar-refractivity contribution in [1.82, 2.24) is 0 Å². The highest BCUT2D eigenvalue weighted by Gasteiger charge is 2.51. The van der Waals surface area contributed by atoms with Crippen molar-refractivity contribution in [3.63, 3.8) is 0 Å². The minimum absolute atomic E-state index is 0.222. The lowest BCUT2D eigenvalue weighted by Gasteiger charge is -2.41. The van der Waals surface area contributed by atoms with Gasteiger partial charge in [0.15, 0.2) is 22.4 Å². The Kier molecular flexibility index (Phi) is 8.12. The molecule has 27 heavy (non-hydrogen) atoms. The molecule has 0 aromatic rings. The molecule has 156 valence electrons. The normalized spacial score (nSPS) is 26.7. The van der Waals surface area contributed by atoms with Gasteiger partial charge in [0, 0.05) is 12.8 Å². The molecule has 5 heteroatoms. The summed E-state index contributed by atoms with van der Waals surface area (Å²) in [5.41, 5.74) is 1.04. The third kappa shape index (κ3) is 4.85. The van der Waals surface area contributed by atoms with Gasteiger partial charge >= 0.3 is 0 Å². The van der Waals surface area contributed by atoms with Gasteiger partial charge in [-0.1, -0.05) is 41.5 Å². The molecule has 1 fully saturated rings. The fourth-order valence-corrected chi connectivity index (χ4v) is 11.2. The summed E-state index contributed by atoms with van der Waals surface area (Å²) in [6.45, 7) is 13.8. The summed E-state index contributed by atoms with van der Waals surface area (Å²) in [5, 5.41) is 0. The third-order valence-electron chi connectivity index (χ3n) is 7.62. The van der Waals surface area contributed by atoms with Crippen LogP contribution in [0.4, 0.5) is 0 Å². The van der Waals surface area contributed by atoms with Crippen molar-refractivity contribution in [2.75, 3.05) is 0 Å². The predicted molar refractivity (Wildman–Crippen MR) is 119 cm³/mol. The average molecular weight is 411 g/mol. The Bertz CT molecular complexity index is 521. The third-order valence-corrected chi connectivity index (χ3v) is 17.0. The standard InChI is InChI=1S/C22H42O3Si2/c1-7-26(8-2,9-3)24-21-17-19-16-20(23)14-13-15-22(19,18-21)25-27(10-4,11-5)12-6/h16,21H,7-15,17-18H2,1-6H3/t21-,22+/m1/s1. The number of carbonyl (C=O) groups is 1. The summed E-state index contributed by atoms with van der Waals surface area (Å²) in [7, 11) is -3.40. The van der Waals surface area contributed by atoms with Crippen LogP contribution in [0.15, 0.2) is 11.6 Å². The van der Waals surface area contributed by atoms with Gasteiger partial charge in [0.05, 0.1) is 11.7 Å². The van der Waals surface area contributed by atoms with E-state index in [1.165, 1.54) is 23.7 Å². The van der Waals surface area contributed by atoms with Crippen molar-refractivity contribution in [2.45, 2.75) is 122 Å². The molecule has 0 amide bonds. The summed E-state index contributed by atoms with van der Waals surface area (Å²) in [5.74, 6) is 0.290. The van der Waals surface area contributed by atoms with Crippen LogP contribution >= 0.6 is 0 Å². The Morgan fingerprint density at radius 2 is 1.52 bits per heavy atom. The number of allylic oxidation sites excluding steroid dienone is 1. The molecule has 0 radical (unpaired) electrons. The smallest absolute Gasteiger partial charge is 0.193 e. The van der Waals surface area contributed by atoms with Crippen LogP contribution < -0.4 is 0 Å². The van der Waals surface area contributed by atoms with E-state index in [-0.39, 0.29) is 17.5 Å². The number of hydrogen-bond acceptors (Lipinski definition) is 3. The van der Waals surface area contributed by atoms with Crippen LogP contribution in [0.2, 0.25) is 36.3 Å².